The van der Waals surface area contributed by atoms with Crippen LogP contribution in [0, 0.1) is 6.92 Å². The lowest BCUT2D eigenvalue weighted by atomic mass is 10.1. The van der Waals surface area contributed by atoms with Crippen LogP contribution in [0.15, 0.2) is 35.4 Å². The van der Waals surface area contributed by atoms with Gasteiger partial charge in [0.05, 0.1) is 17.5 Å². The number of amides is 1. The zero-order valence-corrected chi connectivity index (χ0v) is 16.4. The van der Waals surface area contributed by atoms with Crippen molar-refractivity contribution in [2.75, 3.05) is 5.32 Å². The number of benzene rings is 1. The second kappa shape index (κ2) is 7.29. The van der Waals surface area contributed by atoms with Gasteiger partial charge in [-0.3, -0.25) is 14.2 Å². The molecule has 1 aliphatic carbocycles. The van der Waals surface area contributed by atoms with E-state index in [0.29, 0.717) is 9.58 Å². The lowest BCUT2D eigenvalue weighted by molar-refractivity contribution is -0.137. The van der Waals surface area contributed by atoms with Crippen molar-refractivity contribution in [1.29, 1.82) is 0 Å². The van der Waals surface area contributed by atoms with Crippen LogP contribution in [0.2, 0.25) is 0 Å². The number of hydrogen-bond donors (Lipinski definition) is 1. The first kappa shape index (κ1) is 19.6. The third-order valence-corrected chi connectivity index (χ3v) is 6.27. The maximum absolute atomic E-state index is 12.9. The molecule has 1 fully saturated rings. The lowest BCUT2D eigenvalue weighted by Gasteiger charge is -2.12. The van der Waals surface area contributed by atoms with E-state index in [2.05, 4.69) is 10.3 Å². The number of thiophene rings is 1. The van der Waals surface area contributed by atoms with Crippen LogP contribution in [0.25, 0.3) is 10.2 Å². The van der Waals surface area contributed by atoms with E-state index >= 15 is 0 Å². The number of nitrogens with zero attached hydrogens (tertiary/aromatic N) is 2. The number of halogens is 3. The molecule has 1 aliphatic rings. The highest BCUT2D eigenvalue weighted by Crippen LogP contribution is 2.33. The Morgan fingerprint density at radius 1 is 1.28 bits per heavy atom. The third-order valence-electron chi connectivity index (χ3n) is 5.19. The molecule has 1 amide bonds. The van der Waals surface area contributed by atoms with E-state index in [0.717, 1.165) is 37.8 Å². The number of anilines is 1. The number of hydrogen-bond acceptors (Lipinski definition) is 4. The molecule has 0 radical (unpaired) electrons. The van der Waals surface area contributed by atoms with Crippen LogP contribution in [0.3, 0.4) is 0 Å². The number of nitrogens with one attached hydrogen (secondary N) is 1. The molecule has 1 N–H and O–H groups in total. The Morgan fingerprint density at radius 3 is 2.69 bits per heavy atom. The molecule has 29 heavy (non-hydrogen) atoms. The van der Waals surface area contributed by atoms with E-state index in [-0.39, 0.29) is 28.4 Å². The Balaban J connectivity index is 1.69. The fourth-order valence-electron chi connectivity index (χ4n) is 3.77. The van der Waals surface area contributed by atoms with Gasteiger partial charge in [0, 0.05) is 16.6 Å². The summed E-state index contributed by atoms with van der Waals surface area (Å²) in [4.78, 5) is 30.6. The van der Waals surface area contributed by atoms with Crippen molar-refractivity contribution in [2.45, 2.75) is 44.8 Å². The lowest BCUT2D eigenvalue weighted by Crippen LogP contribution is -2.23. The highest BCUT2D eigenvalue weighted by Gasteiger charge is 2.31. The molecule has 152 valence electrons. The minimum absolute atomic E-state index is 0.0304. The van der Waals surface area contributed by atoms with Gasteiger partial charge in [-0.05, 0) is 38.0 Å². The fraction of sp³-hybridized carbons (Fsp3) is 0.350. The Bertz CT molecular complexity index is 1140. The van der Waals surface area contributed by atoms with E-state index in [4.69, 9.17) is 0 Å². The quantitative estimate of drug-likeness (QED) is 0.636. The van der Waals surface area contributed by atoms with Crippen LogP contribution in [0.4, 0.5) is 18.9 Å². The van der Waals surface area contributed by atoms with Crippen molar-refractivity contribution >= 4 is 33.1 Å². The predicted molar refractivity (Wildman–Crippen MR) is 106 cm³/mol. The summed E-state index contributed by atoms with van der Waals surface area (Å²) < 4.78 is 40.7. The first-order chi connectivity index (χ1) is 13.8. The van der Waals surface area contributed by atoms with Crippen molar-refractivity contribution < 1.29 is 18.0 Å². The molecule has 2 heterocycles. The summed E-state index contributed by atoms with van der Waals surface area (Å²) in [5.74, 6) is -0.585. The molecule has 4 rings (SSSR count). The molecule has 0 unspecified atom stereocenters. The van der Waals surface area contributed by atoms with Crippen molar-refractivity contribution in [3.05, 3.63) is 57.0 Å². The van der Waals surface area contributed by atoms with Crippen LogP contribution in [0.1, 0.15) is 52.5 Å². The second-order valence-corrected chi connectivity index (χ2v) is 8.36. The molecule has 1 saturated carbocycles. The van der Waals surface area contributed by atoms with Gasteiger partial charge >= 0.3 is 6.18 Å². The second-order valence-electron chi connectivity index (χ2n) is 7.14. The molecule has 5 nitrogen and oxygen atoms in total. The molecule has 9 heteroatoms. The molecule has 3 aromatic rings. The van der Waals surface area contributed by atoms with E-state index in [1.165, 1.54) is 29.8 Å². The number of carbonyl (C=O) groups is 1. The summed E-state index contributed by atoms with van der Waals surface area (Å²) in [6, 6.07) is 4.56. The first-order valence-corrected chi connectivity index (χ1v) is 10.1. The predicted octanol–water partition coefficient (Wildman–Crippen LogP) is 5.15. The smallest absolute Gasteiger partial charge is 0.322 e. The van der Waals surface area contributed by atoms with E-state index in [1.54, 1.807) is 11.5 Å². The average molecular weight is 421 g/mol. The standard InChI is InChI=1S/C20H18F3N3O2S/c1-11-15(18(27)25-13-6-4-5-12(9-13)20(21,22)23)16-17(29-11)19(28)26(10-24-16)14-7-2-3-8-14/h4-6,9-10,14H,2-3,7-8H2,1H3,(H,25,27). The summed E-state index contributed by atoms with van der Waals surface area (Å²) in [6.45, 7) is 1.70. The van der Waals surface area contributed by atoms with Gasteiger partial charge in [-0.1, -0.05) is 18.9 Å². The molecule has 2 aromatic heterocycles. The van der Waals surface area contributed by atoms with Crippen molar-refractivity contribution in [3.63, 3.8) is 0 Å². The largest absolute Gasteiger partial charge is 0.416 e. The van der Waals surface area contributed by atoms with Crippen LogP contribution in [0.5, 0.6) is 0 Å². The monoisotopic (exact) mass is 421 g/mol. The van der Waals surface area contributed by atoms with Crippen molar-refractivity contribution in [3.8, 4) is 0 Å². The number of rotatable bonds is 3. The zero-order chi connectivity index (χ0) is 20.8. The van der Waals surface area contributed by atoms with Crippen LogP contribution in [-0.4, -0.2) is 15.5 Å². The molecular formula is C20H18F3N3O2S. The summed E-state index contributed by atoms with van der Waals surface area (Å²) >= 11 is 1.19. The maximum Gasteiger partial charge on any atom is 0.416 e. The summed E-state index contributed by atoms with van der Waals surface area (Å²) in [5.41, 5.74) is -0.481. The van der Waals surface area contributed by atoms with E-state index in [9.17, 15) is 22.8 Å². The van der Waals surface area contributed by atoms with Gasteiger partial charge in [-0.25, -0.2) is 4.98 Å². The van der Waals surface area contributed by atoms with Gasteiger partial charge < -0.3 is 5.32 Å². The Labute approximate surface area is 168 Å². The van der Waals surface area contributed by atoms with Gasteiger partial charge in [0.2, 0.25) is 0 Å². The van der Waals surface area contributed by atoms with E-state index in [1.807, 2.05) is 0 Å². The fourth-order valence-corrected chi connectivity index (χ4v) is 4.81. The minimum Gasteiger partial charge on any atom is -0.322 e. The minimum atomic E-state index is -4.50. The van der Waals surface area contributed by atoms with Crippen LogP contribution in [-0.2, 0) is 6.18 Å². The van der Waals surface area contributed by atoms with E-state index < -0.39 is 17.6 Å². The number of aryl methyl sites for hydroxylation is 1. The summed E-state index contributed by atoms with van der Waals surface area (Å²) in [6.07, 6.45) is 0.986. The Hall–Kier alpha value is -2.68. The van der Waals surface area contributed by atoms with Crippen LogP contribution >= 0.6 is 11.3 Å². The first-order valence-electron chi connectivity index (χ1n) is 9.24. The number of alkyl halides is 3. The normalized spacial score (nSPS) is 15.2. The zero-order valence-electron chi connectivity index (χ0n) is 15.5. The van der Waals surface area contributed by atoms with Gasteiger partial charge in [0.1, 0.15) is 10.2 Å². The SMILES string of the molecule is Cc1sc2c(=O)n(C3CCCC3)cnc2c1C(=O)Nc1cccc(C(F)(F)F)c1. The number of fused-ring (bicyclic) bond motifs is 1. The van der Waals surface area contributed by atoms with Gasteiger partial charge in [-0.2, -0.15) is 13.2 Å². The van der Waals surface area contributed by atoms with Gasteiger partial charge in [-0.15, -0.1) is 11.3 Å². The molecular weight excluding hydrogens is 403 g/mol. The molecule has 0 saturated heterocycles. The Morgan fingerprint density at radius 2 is 2.00 bits per heavy atom. The maximum atomic E-state index is 12.9. The third kappa shape index (κ3) is 3.66. The molecule has 1 aromatic carbocycles. The van der Waals surface area contributed by atoms with Crippen molar-refractivity contribution in [2.24, 2.45) is 0 Å². The molecule has 0 aliphatic heterocycles. The summed E-state index contributed by atoms with van der Waals surface area (Å²) in [5, 5.41) is 2.50. The molecule has 0 spiro atoms. The summed E-state index contributed by atoms with van der Waals surface area (Å²) in [7, 11) is 0. The van der Waals surface area contributed by atoms with Gasteiger partial charge in [0.25, 0.3) is 11.5 Å². The van der Waals surface area contributed by atoms with Crippen molar-refractivity contribution in [1.82, 2.24) is 9.55 Å². The average Bonchev–Trinajstić information content (AvgIpc) is 3.29. The molecule has 0 bridgehead atoms. The van der Waals surface area contributed by atoms with Crippen LogP contribution < -0.4 is 10.9 Å². The highest BCUT2D eigenvalue weighted by atomic mass is 32.1. The Kier molecular flexibility index (Phi) is 4.94. The number of aromatic nitrogens is 2. The number of carbonyl (C=O) groups excluding carboxylic acids is 1. The van der Waals surface area contributed by atoms with Gasteiger partial charge in [0.15, 0.2) is 0 Å². The molecule has 0 atom stereocenters. The topological polar surface area (TPSA) is 64.0 Å². The highest BCUT2D eigenvalue weighted by molar-refractivity contribution is 7.19.